The fourth-order valence-electron chi connectivity index (χ4n) is 3.22. The van der Waals surface area contributed by atoms with Crippen molar-refractivity contribution in [2.45, 2.75) is 58.0 Å². The SMILES string of the molecule is C[C@H](CCCCCOCCc1ccccc1)N(O)[C@H](C)c1ccc(O)c(O)c1. The fraction of sp³-hybridized carbons (Fsp3) is 0.478. The van der Waals surface area contributed by atoms with E-state index < -0.39 is 0 Å². The maximum Gasteiger partial charge on any atom is 0.157 e. The Kier molecular flexibility index (Phi) is 9.28. The van der Waals surface area contributed by atoms with Crippen molar-refractivity contribution < 1.29 is 20.2 Å². The Balaban J connectivity index is 1.58. The molecule has 5 heteroatoms. The third-order valence-corrected chi connectivity index (χ3v) is 5.12. The minimum absolute atomic E-state index is 0.00458. The number of phenols is 2. The molecule has 0 aliphatic carbocycles. The first-order valence-corrected chi connectivity index (χ1v) is 10.1. The summed E-state index contributed by atoms with van der Waals surface area (Å²) in [6, 6.07) is 14.7. The molecular formula is C23H33NO4. The van der Waals surface area contributed by atoms with Crippen LogP contribution in [-0.4, -0.2) is 39.7 Å². The third-order valence-electron chi connectivity index (χ3n) is 5.12. The molecule has 2 rings (SSSR count). The van der Waals surface area contributed by atoms with Crippen molar-refractivity contribution in [1.29, 1.82) is 0 Å². The Labute approximate surface area is 168 Å². The summed E-state index contributed by atoms with van der Waals surface area (Å²) < 4.78 is 5.71. The highest BCUT2D eigenvalue weighted by atomic mass is 16.5. The molecule has 0 saturated carbocycles. The lowest BCUT2D eigenvalue weighted by molar-refractivity contribution is -0.155. The van der Waals surface area contributed by atoms with Crippen molar-refractivity contribution in [2.75, 3.05) is 13.2 Å². The van der Waals surface area contributed by atoms with Crippen LogP contribution in [0.25, 0.3) is 0 Å². The monoisotopic (exact) mass is 387 g/mol. The van der Waals surface area contributed by atoms with Crippen molar-refractivity contribution >= 4 is 0 Å². The third kappa shape index (κ3) is 7.15. The van der Waals surface area contributed by atoms with Crippen LogP contribution < -0.4 is 0 Å². The number of hydrogen-bond acceptors (Lipinski definition) is 5. The number of unbranched alkanes of at least 4 members (excludes halogenated alkanes) is 2. The van der Waals surface area contributed by atoms with Gasteiger partial charge in [0.2, 0.25) is 0 Å². The molecule has 2 atom stereocenters. The highest BCUT2D eigenvalue weighted by Crippen LogP contribution is 2.30. The minimum Gasteiger partial charge on any atom is -0.504 e. The predicted molar refractivity (Wildman–Crippen MR) is 111 cm³/mol. The average molecular weight is 388 g/mol. The van der Waals surface area contributed by atoms with Gasteiger partial charge in [0.15, 0.2) is 11.5 Å². The zero-order valence-electron chi connectivity index (χ0n) is 16.9. The molecule has 0 aliphatic heterocycles. The zero-order chi connectivity index (χ0) is 20.4. The maximum atomic E-state index is 10.4. The molecule has 0 radical (unpaired) electrons. The molecule has 28 heavy (non-hydrogen) atoms. The number of aromatic hydroxyl groups is 2. The summed E-state index contributed by atoms with van der Waals surface area (Å²) in [6.07, 6.45) is 4.94. The van der Waals surface area contributed by atoms with Crippen molar-refractivity contribution in [2.24, 2.45) is 0 Å². The van der Waals surface area contributed by atoms with Crippen LogP contribution in [0.3, 0.4) is 0 Å². The van der Waals surface area contributed by atoms with Crippen molar-refractivity contribution in [3.63, 3.8) is 0 Å². The van der Waals surface area contributed by atoms with E-state index in [2.05, 4.69) is 12.1 Å². The Bertz CT molecular complexity index is 692. The van der Waals surface area contributed by atoms with Gasteiger partial charge in [-0.3, -0.25) is 0 Å². The molecule has 154 valence electrons. The number of nitrogens with zero attached hydrogens (tertiary/aromatic N) is 1. The Hall–Kier alpha value is -2.08. The summed E-state index contributed by atoms with van der Waals surface area (Å²) in [5.74, 6) is -0.322. The van der Waals surface area contributed by atoms with Crippen molar-refractivity contribution in [3.05, 3.63) is 59.7 Å². The Morgan fingerprint density at radius 3 is 2.36 bits per heavy atom. The molecule has 2 aromatic rings. The highest BCUT2D eigenvalue weighted by molar-refractivity contribution is 5.41. The summed E-state index contributed by atoms with van der Waals surface area (Å²) in [5.41, 5.74) is 2.06. The first kappa shape index (κ1) is 22.2. The van der Waals surface area contributed by atoms with E-state index in [4.69, 9.17) is 4.74 Å². The number of hydroxylamine groups is 2. The van der Waals surface area contributed by atoms with Gasteiger partial charge in [-0.2, -0.15) is 5.06 Å². The van der Waals surface area contributed by atoms with Crippen molar-refractivity contribution in [1.82, 2.24) is 5.06 Å². The van der Waals surface area contributed by atoms with Gasteiger partial charge in [-0.25, -0.2) is 0 Å². The second-order valence-electron chi connectivity index (χ2n) is 7.35. The number of benzene rings is 2. The normalized spacial score (nSPS) is 13.6. The van der Waals surface area contributed by atoms with Crippen LogP contribution in [0.2, 0.25) is 0 Å². The minimum atomic E-state index is -0.261. The summed E-state index contributed by atoms with van der Waals surface area (Å²) in [4.78, 5) is 0. The smallest absolute Gasteiger partial charge is 0.157 e. The van der Waals surface area contributed by atoms with E-state index in [9.17, 15) is 15.4 Å². The molecule has 0 saturated heterocycles. The standard InChI is InChI=1S/C23H33NO4/c1-18(24(27)19(2)21-12-13-22(25)23(26)17-21)9-5-4-8-15-28-16-14-20-10-6-3-7-11-20/h3,6-7,10-13,17-19,25-27H,4-5,8-9,14-16H2,1-2H3/t18-,19-/m1/s1. The number of phenolic OH excluding ortho intramolecular Hbond substituents is 2. The average Bonchev–Trinajstić information content (AvgIpc) is 2.71. The molecule has 0 spiro atoms. The number of hydrogen-bond donors (Lipinski definition) is 3. The summed E-state index contributed by atoms with van der Waals surface area (Å²) in [5, 5.41) is 30.8. The second-order valence-corrected chi connectivity index (χ2v) is 7.35. The molecule has 0 bridgehead atoms. The molecule has 0 fully saturated rings. The molecule has 2 aromatic carbocycles. The van der Waals surface area contributed by atoms with Gasteiger partial charge < -0.3 is 20.2 Å². The van der Waals surface area contributed by atoms with Crippen LogP contribution >= 0.6 is 0 Å². The Morgan fingerprint density at radius 1 is 0.893 bits per heavy atom. The summed E-state index contributed by atoms with van der Waals surface area (Å²) in [7, 11) is 0. The van der Waals surface area contributed by atoms with E-state index in [1.54, 1.807) is 6.07 Å². The van der Waals surface area contributed by atoms with Gasteiger partial charge in [-0.05, 0) is 56.4 Å². The molecule has 3 N–H and O–H groups in total. The largest absolute Gasteiger partial charge is 0.504 e. The van der Waals surface area contributed by atoms with Crippen LogP contribution in [-0.2, 0) is 11.2 Å². The van der Waals surface area contributed by atoms with Gasteiger partial charge in [-0.15, -0.1) is 0 Å². The van der Waals surface area contributed by atoms with Gasteiger partial charge in [0, 0.05) is 12.6 Å². The molecule has 0 amide bonds. The van der Waals surface area contributed by atoms with E-state index in [1.807, 2.05) is 32.0 Å². The topological polar surface area (TPSA) is 73.2 Å². The lowest BCUT2D eigenvalue weighted by Crippen LogP contribution is -2.32. The van der Waals surface area contributed by atoms with E-state index in [0.29, 0.717) is 0 Å². The number of ether oxygens (including phenoxy) is 1. The number of rotatable bonds is 12. The van der Waals surface area contributed by atoms with Gasteiger partial charge in [0.1, 0.15) is 0 Å². The highest BCUT2D eigenvalue weighted by Gasteiger charge is 2.20. The molecule has 5 nitrogen and oxygen atoms in total. The first-order valence-electron chi connectivity index (χ1n) is 10.1. The summed E-state index contributed by atoms with van der Waals surface area (Å²) >= 11 is 0. The zero-order valence-corrected chi connectivity index (χ0v) is 16.9. The van der Waals surface area contributed by atoms with Crippen LogP contribution in [0.15, 0.2) is 48.5 Å². The molecule has 0 aliphatic rings. The van der Waals surface area contributed by atoms with Crippen LogP contribution in [0.1, 0.15) is 56.7 Å². The van der Waals surface area contributed by atoms with Gasteiger partial charge >= 0.3 is 0 Å². The van der Waals surface area contributed by atoms with Gasteiger partial charge in [-0.1, -0.05) is 49.2 Å². The van der Waals surface area contributed by atoms with Crippen molar-refractivity contribution in [3.8, 4) is 11.5 Å². The van der Waals surface area contributed by atoms with E-state index in [-0.39, 0.29) is 23.6 Å². The van der Waals surface area contributed by atoms with E-state index in [1.165, 1.54) is 22.8 Å². The Morgan fingerprint density at radius 2 is 1.64 bits per heavy atom. The molecule has 0 aromatic heterocycles. The van der Waals surface area contributed by atoms with Crippen LogP contribution in [0.5, 0.6) is 11.5 Å². The fourth-order valence-corrected chi connectivity index (χ4v) is 3.22. The van der Waals surface area contributed by atoms with E-state index >= 15 is 0 Å². The van der Waals surface area contributed by atoms with Gasteiger partial charge in [0.25, 0.3) is 0 Å². The molecule has 0 unspecified atom stereocenters. The predicted octanol–water partition coefficient (Wildman–Crippen LogP) is 5.06. The second kappa shape index (κ2) is 11.7. The quantitative estimate of drug-likeness (QED) is 0.270. The molecular weight excluding hydrogens is 354 g/mol. The van der Waals surface area contributed by atoms with Crippen LogP contribution in [0, 0.1) is 0 Å². The van der Waals surface area contributed by atoms with Crippen LogP contribution in [0.4, 0.5) is 0 Å². The molecule has 0 heterocycles. The summed E-state index contributed by atoms with van der Waals surface area (Å²) in [6.45, 7) is 5.39. The first-order chi connectivity index (χ1) is 13.5. The van der Waals surface area contributed by atoms with E-state index in [0.717, 1.165) is 50.9 Å². The lowest BCUT2D eigenvalue weighted by atomic mass is 10.0. The maximum absolute atomic E-state index is 10.4. The van der Waals surface area contributed by atoms with Gasteiger partial charge in [0.05, 0.1) is 12.6 Å². The lowest BCUT2D eigenvalue weighted by Gasteiger charge is -2.29.